The summed E-state index contributed by atoms with van der Waals surface area (Å²) in [4.78, 5) is 25.5. The Morgan fingerprint density at radius 1 is 1.07 bits per heavy atom. The quantitative estimate of drug-likeness (QED) is 0.880. The summed E-state index contributed by atoms with van der Waals surface area (Å²) in [6, 6.07) is 6.47. The third-order valence-electron chi connectivity index (χ3n) is 5.05. The molecule has 1 aromatic carbocycles. The molecule has 0 spiro atoms. The molecule has 1 amide bonds. The zero-order valence-corrected chi connectivity index (χ0v) is 16.7. The predicted molar refractivity (Wildman–Crippen MR) is 110 cm³/mol. The lowest BCUT2D eigenvalue weighted by atomic mass is 10.1. The number of carbonyl (C=O) groups is 1. The molecule has 0 unspecified atom stereocenters. The standard InChI is InChI=1S/C21H29N5O/c1-15(2)12-22-20(27)18-13-23-21(24-14-18)26-10-8-25(9-11-26)19-7-5-6-16(3)17(19)4/h5-7,13-15H,8-12H2,1-4H3,(H,22,27). The monoisotopic (exact) mass is 367 g/mol. The number of benzene rings is 1. The van der Waals surface area contributed by atoms with Gasteiger partial charge in [0.25, 0.3) is 5.91 Å². The van der Waals surface area contributed by atoms with Gasteiger partial charge < -0.3 is 15.1 Å². The van der Waals surface area contributed by atoms with Crippen molar-refractivity contribution < 1.29 is 4.79 Å². The first kappa shape index (κ1) is 19.1. The SMILES string of the molecule is Cc1cccc(N2CCN(c3ncc(C(=O)NCC(C)C)cn3)CC2)c1C. The van der Waals surface area contributed by atoms with Gasteiger partial charge in [0.05, 0.1) is 5.56 Å². The van der Waals surface area contributed by atoms with Crippen LogP contribution in [0.4, 0.5) is 11.6 Å². The van der Waals surface area contributed by atoms with E-state index in [0.717, 1.165) is 26.2 Å². The summed E-state index contributed by atoms with van der Waals surface area (Å²) in [5.74, 6) is 0.994. The van der Waals surface area contributed by atoms with Crippen LogP contribution in [-0.2, 0) is 0 Å². The minimum absolute atomic E-state index is 0.116. The van der Waals surface area contributed by atoms with Gasteiger partial charge in [-0.1, -0.05) is 26.0 Å². The van der Waals surface area contributed by atoms with Crippen LogP contribution in [0.5, 0.6) is 0 Å². The van der Waals surface area contributed by atoms with E-state index in [1.807, 2.05) is 0 Å². The molecule has 2 aromatic rings. The van der Waals surface area contributed by atoms with E-state index in [0.29, 0.717) is 24.0 Å². The van der Waals surface area contributed by atoms with E-state index >= 15 is 0 Å². The van der Waals surface area contributed by atoms with Gasteiger partial charge in [0.2, 0.25) is 5.95 Å². The van der Waals surface area contributed by atoms with Gasteiger partial charge in [0.1, 0.15) is 0 Å². The minimum atomic E-state index is -0.116. The molecule has 3 rings (SSSR count). The van der Waals surface area contributed by atoms with Gasteiger partial charge in [0.15, 0.2) is 0 Å². The van der Waals surface area contributed by atoms with E-state index < -0.39 is 0 Å². The molecule has 0 saturated carbocycles. The molecule has 6 nitrogen and oxygen atoms in total. The molecule has 0 radical (unpaired) electrons. The first-order valence-electron chi connectivity index (χ1n) is 9.62. The second-order valence-electron chi connectivity index (χ2n) is 7.57. The Hall–Kier alpha value is -2.63. The largest absolute Gasteiger partial charge is 0.368 e. The molecule has 1 fully saturated rings. The minimum Gasteiger partial charge on any atom is -0.368 e. The fourth-order valence-electron chi connectivity index (χ4n) is 3.23. The summed E-state index contributed by atoms with van der Waals surface area (Å²) in [5.41, 5.74) is 4.49. The van der Waals surface area contributed by atoms with Crippen LogP contribution in [0.2, 0.25) is 0 Å². The number of nitrogens with zero attached hydrogens (tertiary/aromatic N) is 4. The highest BCUT2D eigenvalue weighted by Gasteiger charge is 2.21. The van der Waals surface area contributed by atoms with Gasteiger partial charge in [-0.05, 0) is 37.0 Å². The first-order chi connectivity index (χ1) is 13.0. The second kappa shape index (κ2) is 8.37. The van der Waals surface area contributed by atoms with Crippen LogP contribution < -0.4 is 15.1 Å². The number of amides is 1. The van der Waals surface area contributed by atoms with E-state index in [9.17, 15) is 4.79 Å². The summed E-state index contributed by atoms with van der Waals surface area (Å²) < 4.78 is 0. The molecule has 1 N–H and O–H groups in total. The fourth-order valence-corrected chi connectivity index (χ4v) is 3.23. The van der Waals surface area contributed by atoms with Crippen molar-refractivity contribution in [3.8, 4) is 0 Å². The highest BCUT2D eigenvalue weighted by molar-refractivity contribution is 5.93. The predicted octanol–water partition coefficient (Wildman–Crippen LogP) is 2.81. The second-order valence-corrected chi connectivity index (χ2v) is 7.57. The molecule has 6 heteroatoms. The lowest BCUT2D eigenvalue weighted by Gasteiger charge is -2.37. The number of hydrogen-bond donors (Lipinski definition) is 1. The van der Waals surface area contributed by atoms with Crippen molar-refractivity contribution in [3.63, 3.8) is 0 Å². The van der Waals surface area contributed by atoms with Gasteiger partial charge in [-0.2, -0.15) is 0 Å². The van der Waals surface area contributed by atoms with E-state index in [1.54, 1.807) is 12.4 Å². The van der Waals surface area contributed by atoms with E-state index in [4.69, 9.17) is 0 Å². The molecule has 0 atom stereocenters. The number of carbonyl (C=O) groups excluding carboxylic acids is 1. The third kappa shape index (κ3) is 4.56. The lowest BCUT2D eigenvalue weighted by Crippen LogP contribution is -2.47. The van der Waals surface area contributed by atoms with Crippen molar-refractivity contribution in [2.45, 2.75) is 27.7 Å². The van der Waals surface area contributed by atoms with Crippen molar-refractivity contribution in [1.29, 1.82) is 0 Å². The van der Waals surface area contributed by atoms with Gasteiger partial charge in [-0.3, -0.25) is 4.79 Å². The smallest absolute Gasteiger partial charge is 0.254 e. The topological polar surface area (TPSA) is 61.4 Å². The van der Waals surface area contributed by atoms with Crippen LogP contribution in [0.1, 0.15) is 35.3 Å². The maximum absolute atomic E-state index is 12.1. The molecule has 1 saturated heterocycles. The molecular weight excluding hydrogens is 338 g/mol. The maximum Gasteiger partial charge on any atom is 0.254 e. The average Bonchev–Trinajstić information content (AvgIpc) is 2.68. The fraction of sp³-hybridized carbons (Fsp3) is 0.476. The number of aryl methyl sites for hydroxylation is 1. The van der Waals surface area contributed by atoms with Gasteiger partial charge in [-0.25, -0.2) is 9.97 Å². The summed E-state index contributed by atoms with van der Waals surface area (Å²) in [5, 5.41) is 2.89. The lowest BCUT2D eigenvalue weighted by molar-refractivity contribution is 0.0948. The molecule has 0 bridgehead atoms. The summed E-state index contributed by atoms with van der Waals surface area (Å²) in [6.45, 7) is 12.7. The molecule has 1 aliphatic heterocycles. The van der Waals surface area contributed by atoms with Gasteiger partial charge >= 0.3 is 0 Å². The molecule has 27 heavy (non-hydrogen) atoms. The zero-order chi connectivity index (χ0) is 19.4. The van der Waals surface area contributed by atoms with Crippen molar-refractivity contribution in [2.75, 3.05) is 42.5 Å². The van der Waals surface area contributed by atoms with Gasteiger partial charge in [0, 0.05) is 50.8 Å². The van der Waals surface area contributed by atoms with E-state index in [-0.39, 0.29) is 5.91 Å². The summed E-state index contributed by atoms with van der Waals surface area (Å²) in [7, 11) is 0. The Kier molecular flexibility index (Phi) is 5.94. The molecule has 1 aromatic heterocycles. The van der Waals surface area contributed by atoms with Crippen molar-refractivity contribution >= 4 is 17.5 Å². The van der Waals surface area contributed by atoms with Crippen LogP contribution >= 0.6 is 0 Å². The Balaban J connectivity index is 1.59. The highest BCUT2D eigenvalue weighted by atomic mass is 16.1. The van der Waals surface area contributed by atoms with Crippen LogP contribution in [0.15, 0.2) is 30.6 Å². The molecule has 1 aliphatic rings. The number of aromatic nitrogens is 2. The maximum atomic E-state index is 12.1. The zero-order valence-electron chi connectivity index (χ0n) is 16.7. The Labute approximate surface area is 161 Å². The number of nitrogens with one attached hydrogen (secondary N) is 1. The summed E-state index contributed by atoms with van der Waals surface area (Å²) in [6.07, 6.45) is 3.24. The van der Waals surface area contributed by atoms with Crippen LogP contribution in [0.3, 0.4) is 0 Å². The number of rotatable bonds is 5. The molecular formula is C21H29N5O. The van der Waals surface area contributed by atoms with Crippen molar-refractivity contribution in [1.82, 2.24) is 15.3 Å². The van der Waals surface area contributed by atoms with Crippen molar-refractivity contribution in [2.24, 2.45) is 5.92 Å². The Bertz CT molecular complexity index is 780. The Morgan fingerprint density at radius 2 is 1.70 bits per heavy atom. The number of anilines is 2. The molecule has 144 valence electrons. The highest BCUT2D eigenvalue weighted by Crippen LogP contribution is 2.24. The first-order valence-corrected chi connectivity index (χ1v) is 9.62. The normalized spacial score (nSPS) is 14.6. The van der Waals surface area contributed by atoms with Crippen LogP contribution in [-0.4, -0.2) is 48.6 Å². The number of piperazine rings is 1. The van der Waals surface area contributed by atoms with Crippen molar-refractivity contribution in [3.05, 3.63) is 47.3 Å². The third-order valence-corrected chi connectivity index (χ3v) is 5.05. The summed E-state index contributed by atoms with van der Waals surface area (Å²) >= 11 is 0. The molecule has 2 heterocycles. The number of hydrogen-bond acceptors (Lipinski definition) is 5. The molecule has 0 aliphatic carbocycles. The Morgan fingerprint density at radius 3 is 2.33 bits per heavy atom. The average molecular weight is 367 g/mol. The van der Waals surface area contributed by atoms with E-state index in [2.05, 4.69) is 71.0 Å². The van der Waals surface area contributed by atoms with Gasteiger partial charge in [-0.15, -0.1) is 0 Å². The van der Waals surface area contributed by atoms with E-state index in [1.165, 1.54) is 16.8 Å². The van der Waals surface area contributed by atoms with Crippen LogP contribution in [0, 0.1) is 19.8 Å². The van der Waals surface area contributed by atoms with Crippen LogP contribution in [0.25, 0.3) is 0 Å².